The van der Waals surface area contributed by atoms with E-state index in [-0.39, 0.29) is 5.82 Å². The van der Waals surface area contributed by atoms with Gasteiger partial charge in [-0.25, -0.2) is 4.39 Å². The topological polar surface area (TPSA) is 41.5 Å². The molecular formula is C21H24BrClFNO2. The van der Waals surface area contributed by atoms with E-state index in [1.807, 2.05) is 13.0 Å². The summed E-state index contributed by atoms with van der Waals surface area (Å²) >= 11 is 9.66. The van der Waals surface area contributed by atoms with Crippen LogP contribution in [0.5, 0.6) is 5.75 Å². The summed E-state index contributed by atoms with van der Waals surface area (Å²) in [6, 6.07) is 8.50. The summed E-state index contributed by atoms with van der Waals surface area (Å²) in [7, 11) is 0. The Bertz CT molecular complexity index is 832. The summed E-state index contributed by atoms with van der Waals surface area (Å²) in [5.74, 6) is 0.375. The molecule has 2 N–H and O–H groups in total. The van der Waals surface area contributed by atoms with Gasteiger partial charge in [-0.2, -0.15) is 0 Å². The number of halogens is 3. The minimum atomic E-state index is -0.886. The maximum atomic E-state index is 13.7. The largest absolute Gasteiger partial charge is 0.491 e. The minimum absolute atomic E-state index is 0.329. The lowest BCUT2D eigenvalue weighted by atomic mass is 9.81. The van der Waals surface area contributed by atoms with E-state index in [0.717, 1.165) is 42.7 Å². The van der Waals surface area contributed by atoms with Crippen LogP contribution in [0, 0.1) is 5.82 Å². The van der Waals surface area contributed by atoms with Crippen LogP contribution < -0.4 is 10.1 Å². The zero-order chi connectivity index (χ0) is 19.6. The molecule has 2 aromatic rings. The normalized spacial score (nSPS) is 16.5. The molecule has 0 saturated heterocycles. The maximum absolute atomic E-state index is 13.7. The zero-order valence-electron chi connectivity index (χ0n) is 15.5. The molecular weight excluding hydrogens is 433 g/mol. The molecule has 0 aromatic heterocycles. The van der Waals surface area contributed by atoms with Crippen LogP contribution in [0.2, 0.25) is 5.02 Å². The highest BCUT2D eigenvalue weighted by Crippen LogP contribution is 2.42. The van der Waals surface area contributed by atoms with Gasteiger partial charge in [-0.15, -0.1) is 0 Å². The standard InChI is InChI=1S/C21H24BrClFNO2/c1-3-4-8-25-21(2,20(26)14-5-6-18(24)16(22)11-14)15-10-13-7-9-27-19(13)17(23)12-15/h5-6,10-12,20,25-26H,3-4,7-9H2,1-2H3. The van der Waals surface area contributed by atoms with E-state index in [1.165, 1.54) is 6.07 Å². The van der Waals surface area contributed by atoms with Gasteiger partial charge in [0.25, 0.3) is 0 Å². The lowest BCUT2D eigenvalue weighted by Gasteiger charge is -2.37. The maximum Gasteiger partial charge on any atom is 0.141 e. The van der Waals surface area contributed by atoms with Crippen LogP contribution in [0.1, 0.15) is 49.5 Å². The Balaban J connectivity index is 2.03. The van der Waals surface area contributed by atoms with Gasteiger partial charge < -0.3 is 15.2 Å². The van der Waals surface area contributed by atoms with E-state index < -0.39 is 11.6 Å². The molecule has 2 atom stereocenters. The Morgan fingerprint density at radius 1 is 1.37 bits per heavy atom. The van der Waals surface area contributed by atoms with Crippen molar-refractivity contribution in [2.45, 2.75) is 44.8 Å². The SMILES string of the molecule is CCCCNC(C)(c1cc(Cl)c2c(c1)CCO2)C(O)c1ccc(F)c(Br)c1. The van der Waals surface area contributed by atoms with Crippen LogP contribution >= 0.6 is 27.5 Å². The van der Waals surface area contributed by atoms with Gasteiger partial charge in [0.1, 0.15) is 17.7 Å². The summed E-state index contributed by atoms with van der Waals surface area (Å²) in [6.45, 7) is 5.44. The molecule has 0 bridgehead atoms. The summed E-state index contributed by atoms with van der Waals surface area (Å²) < 4.78 is 19.6. The van der Waals surface area contributed by atoms with Crippen molar-refractivity contribution in [3.63, 3.8) is 0 Å². The second-order valence-electron chi connectivity index (χ2n) is 7.10. The first kappa shape index (κ1) is 20.6. The number of hydrogen-bond acceptors (Lipinski definition) is 3. The third kappa shape index (κ3) is 4.16. The fraction of sp³-hybridized carbons (Fsp3) is 0.429. The zero-order valence-corrected chi connectivity index (χ0v) is 17.8. The monoisotopic (exact) mass is 455 g/mol. The van der Waals surface area contributed by atoms with E-state index in [4.69, 9.17) is 16.3 Å². The number of aliphatic hydroxyl groups is 1. The van der Waals surface area contributed by atoms with Crippen molar-refractivity contribution in [1.29, 1.82) is 0 Å². The van der Waals surface area contributed by atoms with Crippen LogP contribution in [-0.4, -0.2) is 18.3 Å². The molecule has 0 spiro atoms. The summed E-state index contributed by atoms with van der Waals surface area (Å²) in [4.78, 5) is 0. The third-order valence-corrected chi connectivity index (χ3v) is 6.06. The molecule has 6 heteroatoms. The number of nitrogens with one attached hydrogen (secondary N) is 1. The minimum Gasteiger partial charge on any atom is -0.491 e. The van der Waals surface area contributed by atoms with E-state index in [2.05, 4.69) is 34.2 Å². The first-order valence-electron chi connectivity index (χ1n) is 9.20. The van der Waals surface area contributed by atoms with Gasteiger partial charge in [0.15, 0.2) is 0 Å². The third-order valence-electron chi connectivity index (χ3n) is 5.17. The lowest BCUT2D eigenvalue weighted by molar-refractivity contribution is 0.0671. The smallest absolute Gasteiger partial charge is 0.141 e. The first-order chi connectivity index (χ1) is 12.9. The highest BCUT2D eigenvalue weighted by atomic mass is 79.9. The Morgan fingerprint density at radius 3 is 2.85 bits per heavy atom. The highest BCUT2D eigenvalue weighted by Gasteiger charge is 2.37. The lowest BCUT2D eigenvalue weighted by Crippen LogP contribution is -2.45. The van der Waals surface area contributed by atoms with Crippen LogP contribution in [0.4, 0.5) is 4.39 Å². The molecule has 1 heterocycles. The Labute approximate surface area is 173 Å². The predicted octanol–water partition coefficient (Wildman–Crippen LogP) is 5.52. The molecule has 3 rings (SSSR count). The number of ether oxygens (including phenoxy) is 1. The molecule has 0 radical (unpaired) electrons. The fourth-order valence-corrected chi connectivity index (χ4v) is 4.15. The van der Waals surface area contributed by atoms with E-state index in [9.17, 15) is 9.50 Å². The average Bonchev–Trinajstić information content (AvgIpc) is 3.12. The number of unbranched alkanes of at least 4 members (excludes halogenated alkanes) is 1. The summed E-state index contributed by atoms with van der Waals surface area (Å²) in [5.41, 5.74) is 1.78. The molecule has 27 heavy (non-hydrogen) atoms. The van der Waals surface area contributed by atoms with Gasteiger partial charge in [-0.05, 0) is 76.8 Å². The molecule has 0 fully saturated rings. The molecule has 2 aromatic carbocycles. The van der Waals surface area contributed by atoms with Crippen molar-refractivity contribution in [2.75, 3.05) is 13.2 Å². The summed E-state index contributed by atoms with van der Waals surface area (Å²) in [6.07, 6.45) is 1.94. The Morgan fingerprint density at radius 2 is 2.15 bits per heavy atom. The molecule has 1 aliphatic heterocycles. The summed E-state index contributed by atoms with van der Waals surface area (Å²) in [5, 5.41) is 15.3. The van der Waals surface area contributed by atoms with Crippen molar-refractivity contribution in [3.8, 4) is 5.75 Å². The van der Waals surface area contributed by atoms with Crippen LogP contribution in [0.3, 0.4) is 0 Å². The van der Waals surface area contributed by atoms with Crippen LogP contribution in [0.15, 0.2) is 34.8 Å². The number of fused-ring (bicyclic) bond motifs is 1. The van der Waals surface area contributed by atoms with Crippen molar-refractivity contribution < 1.29 is 14.2 Å². The van der Waals surface area contributed by atoms with E-state index >= 15 is 0 Å². The molecule has 0 saturated carbocycles. The highest BCUT2D eigenvalue weighted by molar-refractivity contribution is 9.10. The van der Waals surface area contributed by atoms with Crippen LogP contribution in [0.25, 0.3) is 0 Å². The Hall–Kier alpha value is -1.14. The van der Waals surface area contributed by atoms with Crippen molar-refractivity contribution in [3.05, 3.63) is 62.3 Å². The number of aliphatic hydroxyl groups excluding tert-OH is 1. The average molecular weight is 457 g/mol. The van der Waals surface area contributed by atoms with Crippen molar-refractivity contribution in [1.82, 2.24) is 5.32 Å². The van der Waals surface area contributed by atoms with Gasteiger partial charge in [0, 0.05) is 6.42 Å². The van der Waals surface area contributed by atoms with Crippen molar-refractivity contribution >= 4 is 27.5 Å². The number of rotatable bonds is 7. The molecule has 2 unspecified atom stereocenters. The first-order valence-corrected chi connectivity index (χ1v) is 10.4. The quantitative estimate of drug-likeness (QED) is 0.539. The van der Waals surface area contributed by atoms with E-state index in [0.29, 0.717) is 21.7 Å². The molecule has 1 aliphatic rings. The van der Waals surface area contributed by atoms with Gasteiger partial charge >= 0.3 is 0 Å². The number of hydrogen-bond donors (Lipinski definition) is 2. The predicted molar refractivity (Wildman–Crippen MR) is 110 cm³/mol. The molecule has 0 aliphatic carbocycles. The fourth-order valence-electron chi connectivity index (χ4n) is 3.46. The molecule has 3 nitrogen and oxygen atoms in total. The van der Waals surface area contributed by atoms with Crippen molar-refractivity contribution in [2.24, 2.45) is 0 Å². The van der Waals surface area contributed by atoms with Gasteiger partial charge in [-0.1, -0.05) is 31.0 Å². The van der Waals surface area contributed by atoms with Gasteiger partial charge in [0.2, 0.25) is 0 Å². The number of benzene rings is 2. The van der Waals surface area contributed by atoms with E-state index in [1.54, 1.807) is 12.1 Å². The Kier molecular flexibility index (Phi) is 6.46. The van der Waals surface area contributed by atoms with Gasteiger partial charge in [0.05, 0.1) is 21.6 Å². The molecule has 0 amide bonds. The van der Waals surface area contributed by atoms with Crippen LogP contribution in [-0.2, 0) is 12.0 Å². The van der Waals surface area contributed by atoms with Gasteiger partial charge in [-0.3, -0.25) is 0 Å². The second kappa shape index (κ2) is 8.48. The second-order valence-corrected chi connectivity index (χ2v) is 8.37. The molecule has 146 valence electrons.